The Balaban J connectivity index is 1.93. The number of hydrogen-bond donors (Lipinski definition) is 1. The highest BCUT2D eigenvalue weighted by molar-refractivity contribution is 7.09. The molecule has 0 radical (unpaired) electrons. The van der Waals surface area contributed by atoms with Crippen LogP contribution in [-0.4, -0.2) is 18.0 Å². The minimum atomic E-state index is -0.207. The second-order valence-corrected chi connectivity index (χ2v) is 6.01. The number of aryl methyl sites for hydroxylation is 1. The van der Waals surface area contributed by atoms with E-state index < -0.39 is 0 Å². The van der Waals surface area contributed by atoms with E-state index in [2.05, 4.69) is 10.3 Å². The van der Waals surface area contributed by atoms with Crippen molar-refractivity contribution in [2.75, 3.05) is 12.4 Å². The van der Waals surface area contributed by atoms with Crippen molar-refractivity contribution >= 4 is 22.9 Å². The van der Waals surface area contributed by atoms with Crippen molar-refractivity contribution in [3.63, 3.8) is 0 Å². The molecule has 3 rings (SSSR count). The molecular weight excluding hydrogens is 308 g/mol. The average molecular weight is 324 g/mol. The highest BCUT2D eigenvalue weighted by Gasteiger charge is 2.14. The lowest BCUT2D eigenvalue weighted by atomic mass is 10.1. The fourth-order valence-corrected chi connectivity index (χ4v) is 2.94. The molecule has 23 heavy (non-hydrogen) atoms. The maximum absolute atomic E-state index is 12.6. The topological polar surface area (TPSA) is 51.2 Å². The number of para-hydroxylation sites is 2. The minimum Gasteiger partial charge on any atom is -0.496 e. The first-order valence-corrected chi connectivity index (χ1v) is 8.03. The summed E-state index contributed by atoms with van der Waals surface area (Å²) < 4.78 is 5.25. The summed E-state index contributed by atoms with van der Waals surface area (Å²) in [5.41, 5.74) is 3.00. The summed E-state index contributed by atoms with van der Waals surface area (Å²) in [6.45, 7) is 1.96. The van der Waals surface area contributed by atoms with Crippen molar-refractivity contribution in [1.82, 2.24) is 4.98 Å². The molecule has 5 heteroatoms. The summed E-state index contributed by atoms with van der Waals surface area (Å²) in [6.07, 6.45) is 0. The molecule has 0 atom stereocenters. The van der Waals surface area contributed by atoms with Gasteiger partial charge in [-0.15, -0.1) is 11.3 Å². The Bertz CT molecular complexity index is 842. The molecule has 0 aliphatic rings. The van der Waals surface area contributed by atoms with E-state index in [0.717, 1.165) is 22.0 Å². The van der Waals surface area contributed by atoms with E-state index in [9.17, 15) is 4.79 Å². The van der Waals surface area contributed by atoms with Crippen molar-refractivity contribution in [3.8, 4) is 17.0 Å². The van der Waals surface area contributed by atoms with Crippen LogP contribution in [0.4, 0.5) is 5.69 Å². The molecule has 1 heterocycles. The van der Waals surface area contributed by atoms with E-state index in [1.165, 1.54) is 0 Å². The molecule has 0 bridgehead atoms. The van der Waals surface area contributed by atoms with Gasteiger partial charge < -0.3 is 10.1 Å². The Morgan fingerprint density at radius 3 is 2.61 bits per heavy atom. The number of methoxy groups -OCH3 is 1. The summed E-state index contributed by atoms with van der Waals surface area (Å²) in [6, 6.07) is 14.8. The molecular formula is C18H16N2O2S. The number of benzene rings is 2. The molecule has 0 unspecified atom stereocenters. The molecule has 4 nitrogen and oxygen atoms in total. The van der Waals surface area contributed by atoms with E-state index in [0.29, 0.717) is 11.3 Å². The van der Waals surface area contributed by atoms with Crippen LogP contribution in [0.3, 0.4) is 0 Å². The van der Waals surface area contributed by atoms with Crippen LogP contribution in [0.15, 0.2) is 53.9 Å². The van der Waals surface area contributed by atoms with Crippen molar-refractivity contribution in [2.24, 2.45) is 0 Å². The second-order valence-electron chi connectivity index (χ2n) is 4.95. The van der Waals surface area contributed by atoms with Crippen molar-refractivity contribution < 1.29 is 9.53 Å². The molecule has 116 valence electrons. The Kier molecular flexibility index (Phi) is 4.39. The standard InChI is InChI=1S/C18H16N2O2S/c1-12-19-16(11-23-12)13-7-3-5-9-15(13)20-18(21)14-8-4-6-10-17(14)22-2/h3-11H,1-2H3,(H,20,21). The molecule has 0 saturated carbocycles. The first-order valence-electron chi connectivity index (χ1n) is 7.15. The number of anilines is 1. The number of aromatic nitrogens is 1. The fourth-order valence-electron chi connectivity index (χ4n) is 2.32. The van der Waals surface area contributed by atoms with E-state index in [4.69, 9.17) is 4.74 Å². The maximum Gasteiger partial charge on any atom is 0.259 e. The number of rotatable bonds is 4. The maximum atomic E-state index is 12.6. The second kappa shape index (κ2) is 6.62. The normalized spacial score (nSPS) is 10.3. The van der Waals surface area contributed by atoms with Gasteiger partial charge in [-0.05, 0) is 25.1 Å². The van der Waals surface area contributed by atoms with Gasteiger partial charge in [0.25, 0.3) is 5.91 Å². The zero-order chi connectivity index (χ0) is 16.2. The molecule has 1 aromatic heterocycles. The van der Waals surface area contributed by atoms with Gasteiger partial charge >= 0.3 is 0 Å². The molecule has 0 spiro atoms. The summed E-state index contributed by atoms with van der Waals surface area (Å²) >= 11 is 1.59. The van der Waals surface area contributed by atoms with Crippen LogP contribution >= 0.6 is 11.3 Å². The van der Waals surface area contributed by atoms with Crippen LogP contribution in [0.25, 0.3) is 11.3 Å². The molecule has 3 aromatic rings. The van der Waals surface area contributed by atoms with Crippen LogP contribution < -0.4 is 10.1 Å². The van der Waals surface area contributed by atoms with Gasteiger partial charge in [0.15, 0.2) is 0 Å². The van der Waals surface area contributed by atoms with Gasteiger partial charge in [0.05, 0.1) is 29.1 Å². The fraction of sp³-hybridized carbons (Fsp3) is 0.111. The highest BCUT2D eigenvalue weighted by atomic mass is 32.1. The van der Waals surface area contributed by atoms with Gasteiger partial charge in [-0.3, -0.25) is 4.79 Å². The smallest absolute Gasteiger partial charge is 0.259 e. The summed E-state index contributed by atoms with van der Waals surface area (Å²) in [5, 5.41) is 5.94. The lowest BCUT2D eigenvalue weighted by Gasteiger charge is -2.11. The number of ether oxygens (including phenoxy) is 1. The van der Waals surface area contributed by atoms with Gasteiger partial charge in [0, 0.05) is 10.9 Å². The number of nitrogens with zero attached hydrogens (tertiary/aromatic N) is 1. The largest absolute Gasteiger partial charge is 0.496 e. The summed E-state index contributed by atoms with van der Waals surface area (Å²) in [4.78, 5) is 17.1. The molecule has 2 aromatic carbocycles. The molecule has 0 aliphatic carbocycles. The first kappa shape index (κ1) is 15.2. The molecule has 1 amide bonds. The number of amides is 1. The zero-order valence-electron chi connectivity index (χ0n) is 12.9. The van der Waals surface area contributed by atoms with E-state index in [1.807, 2.05) is 48.7 Å². The summed E-state index contributed by atoms with van der Waals surface area (Å²) in [7, 11) is 1.55. The number of carbonyl (C=O) groups is 1. The summed E-state index contributed by atoms with van der Waals surface area (Å²) in [5.74, 6) is 0.342. The van der Waals surface area contributed by atoms with Gasteiger partial charge in [0.2, 0.25) is 0 Å². The highest BCUT2D eigenvalue weighted by Crippen LogP contribution is 2.29. The number of hydrogen-bond acceptors (Lipinski definition) is 4. The Labute approximate surface area is 138 Å². The Morgan fingerprint density at radius 1 is 1.13 bits per heavy atom. The van der Waals surface area contributed by atoms with Crippen LogP contribution in [0, 0.1) is 6.92 Å². The van der Waals surface area contributed by atoms with Gasteiger partial charge in [-0.25, -0.2) is 4.98 Å². The third-order valence-corrected chi connectivity index (χ3v) is 4.20. The number of carbonyl (C=O) groups excluding carboxylic acids is 1. The first-order chi connectivity index (χ1) is 11.2. The number of nitrogens with one attached hydrogen (secondary N) is 1. The lowest BCUT2D eigenvalue weighted by molar-refractivity contribution is 0.102. The SMILES string of the molecule is COc1ccccc1C(=O)Nc1ccccc1-c1csc(C)n1. The third kappa shape index (κ3) is 3.24. The van der Waals surface area contributed by atoms with Crippen LogP contribution in [0.5, 0.6) is 5.75 Å². The predicted molar refractivity (Wildman–Crippen MR) is 93.2 cm³/mol. The Morgan fingerprint density at radius 2 is 1.87 bits per heavy atom. The van der Waals surface area contributed by atoms with Crippen LogP contribution in [0.2, 0.25) is 0 Å². The minimum absolute atomic E-state index is 0.207. The van der Waals surface area contributed by atoms with Gasteiger partial charge in [-0.1, -0.05) is 30.3 Å². The molecule has 0 fully saturated rings. The monoisotopic (exact) mass is 324 g/mol. The van der Waals surface area contributed by atoms with Crippen LogP contribution in [0.1, 0.15) is 15.4 Å². The quantitative estimate of drug-likeness (QED) is 0.775. The van der Waals surface area contributed by atoms with Crippen molar-refractivity contribution in [3.05, 3.63) is 64.5 Å². The molecule has 0 saturated heterocycles. The Hall–Kier alpha value is -2.66. The molecule has 1 N–H and O–H groups in total. The average Bonchev–Trinajstić information content (AvgIpc) is 3.01. The predicted octanol–water partition coefficient (Wildman–Crippen LogP) is 4.38. The van der Waals surface area contributed by atoms with Crippen molar-refractivity contribution in [2.45, 2.75) is 6.92 Å². The van der Waals surface area contributed by atoms with Crippen LogP contribution in [-0.2, 0) is 0 Å². The van der Waals surface area contributed by atoms with Crippen molar-refractivity contribution in [1.29, 1.82) is 0 Å². The van der Waals surface area contributed by atoms with E-state index in [-0.39, 0.29) is 5.91 Å². The van der Waals surface area contributed by atoms with E-state index >= 15 is 0 Å². The lowest BCUT2D eigenvalue weighted by Crippen LogP contribution is -2.13. The third-order valence-electron chi connectivity index (χ3n) is 3.42. The van der Waals surface area contributed by atoms with Gasteiger partial charge in [-0.2, -0.15) is 0 Å². The number of thiazole rings is 1. The van der Waals surface area contributed by atoms with E-state index in [1.54, 1.807) is 30.6 Å². The van der Waals surface area contributed by atoms with Gasteiger partial charge in [0.1, 0.15) is 5.75 Å². The molecule has 0 aliphatic heterocycles. The zero-order valence-corrected chi connectivity index (χ0v) is 13.7.